The lowest BCUT2D eigenvalue weighted by Gasteiger charge is -2.30. The molecule has 1 aliphatic heterocycles. The number of nitrogens with one attached hydrogen (secondary N) is 6. The number of carbonyl (C=O) groups excluding carboxylic acids is 5. The van der Waals surface area contributed by atoms with Crippen molar-refractivity contribution in [3.63, 3.8) is 0 Å². The molecular weight excluding hydrogens is 1790 g/mol. The van der Waals surface area contributed by atoms with Crippen molar-refractivity contribution in [2.24, 2.45) is 0 Å². The number of carbonyl (C=O) groups is 5. The molecule has 0 aromatic carbocycles. The van der Waals surface area contributed by atoms with Gasteiger partial charge in [-0.3, -0.25) is 43.9 Å². The van der Waals surface area contributed by atoms with E-state index in [4.69, 9.17) is 82.9 Å². The van der Waals surface area contributed by atoms with Crippen LogP contribution in [0, 0.1) is 0 Å². The summed E-state index contributed by atoms with van der Waals surface area (Å²) < 4.78 is 56.5. The van der Waals surface area contributed by atoms with Gasteiger partial charge in [0.2, 0.25) is 23.5 Å². The van der Waals surface area contributed by atoms with Crippen LogP contribution in [0.25, 0.3) is 28.2 Å². The van der Waals surface area contributed by atoms with Crippen molar-refractivity contribution in [3.05, 3.63) is 186 Å². The Morgan fingerprint density at radius 1 is 0.409 bits per heavy atom. The zero-order valence-electron chi connectivity index (χ0n) is 77.3. The molecule has 15 aromatic rings. The first-order valence-corrected chi connectivity index (χ1v) is 42.8. The largest absolute Gasteiger partial charge is 0.494 e. The van der Waals surface area contributed by atoms with E-state index in [-0.39, 0.29) is 73.8 Å². The Kier molecular flexibility index (Phi) is 34.3. The van der Waals surface area contributed by atoms with E-state index >= 15 is 0 Å². The fourth-order valence-electron chi connectivity index (χ4n) is 12.9. The Morgan fingerprint density at radius 2 is 0.708 bits per heavy atom. The lowest BCUT2D eigenvalue weighted by molar-refractivity contribution is 0.102. The number of halogens is 1. The lowest BCUT2D eigenvalue weighted by Crippen LogP contribution is -2.38. The van der Waals surface area contributed by atoms with Crippen LogP contribution in [0.5, 0.6) is 52.3 Å². The van der Waals surface area contributed by atoms with E-state index in [9.17, 15) is 24.0 Å². The van der Waals surface area contributed by atoms with Gasteiger partial charge in [-0.05, 0) is 95.2 Å². The van der Waals surface area contributed by atoms with E-state index in [1.54, 1.807) is 104 Å². The highest BCUT2D eigenvalue weighted by atomic mass is 35.5. The second kappa shape index (κ2) is 47.2. The zero-order chi connectivity index (χ0) is 97.9. The number of hydrogen-bond donors (Lipinski definition) is 11. The van der Waals surface area contributed by atoms with Crippen LogP contribution >= 0.6 is 11.6 Å². The normalized spacial score (nSPS) is 11.6. The molecule has 15 aromatic heterocycles. The number of nitrogens with two attached hydrogens (primary N) is 5. The van der Waals surface area contributed by atoms with Crippen molar-refractivity contribution in [1.82, 2.24) is 123 Å². The van der Waals surface area contributed by atoms with Crippen LogP contribution in [0.15, 0.2) is 147 Å². The Hall–Kier alpha value is -16.5. The van der Waals surface area contributed by atoms with Gasteiger partial charge in [0.25, 0.3) is 29.5 Å². The summed E-state index contributed by atoms with van der Waals surface area (Å²) in [5.74, 6) is 1.94. The molecule has 16 rings (SSSR count). The van der Waals surface area contributed by atoms with Crippen molar-refractivity contribution in [1.29, 1.82) is 0 Å². The summed E-state index contributed by atoms with van der Waals surface area (Å²) in [5, 5.41) is 37.6. The maximum absolute atomic E-state index is 12.9. The highest BCUT2D eigenvalue weighted by Crippen LogP contribution is 2.33. The van der Waals surface area contributed by atoms with Gasteiger partial charge in [0.1, 0.15) is 110 Å². The van der Waals surface area contributed by atoms with Gasteiger partial charge in [0.15, 0.2) is 57.3 Å². The second-order valence-corrected chi connectivity index (χ2v) is 31.1. The van der Waals surface area contributed by atoms with Gasteiger partial charge >= 0.3 is 0 Å². The van der Waals surface area contributed by atoms with E-state index in [0.29, 0.717) is 136 Å². The number of anilines is 10. The van der Waals surface area contributed by atoms with E-state index < -0.39 is 29.5 Å². The van der Waals surface area contributed by atoms with Crippen LogP contribution in [0.4, 0.5) is 57.5 Å². The molecule has 49 nitrogen and oxygen atoms in total. The number of amides is 5. The highest BCUT2D eigenvalue weighted by molar-refractivity contribution is 6.29. The maximum Gasteiger partial charge on any atom is 0.263 e. The van der Waals surface area contributed by atoms with Gasteiger partial charge in [-0.2, -0.15) is 19.9 Å². The highest BCUT2D eigenvalue weighted by Gasteiger charge is 2.29. The molecule has 5 amide bonds. The molecule has 50 heteroatoms. The Bertz CT molecular complexity index is 6700. The summed E-state index contributed by atoms with van der Waals surface area (Å²) in [6, 6.07) is 16.6. The van der Waals surface area contributed by atoms with Gasteiger partial charge in [-0.25, -0.2) is 32.5 Å². The van der Waals surface area contributed by atoms with E-state index in [1.807, 2.05) is 83.9 Å². The number of methoxy groups -OCH3 is 4. The second-order valence-electron chi connectivity index (χ2n) is 30.8. The minimum atomic E-state index is -0.507. The number of nitrogens with zero attached hydrogens (tertiary/aromatic N) is 24. The van der Waals surface area contributed by atoms with Gasteiger partial charge < -0.3 is 123 Å². The number of pyridine rings is 5. The Balaban J connectivity index is 0.000000154. The third-order valence-corrected chi connectivity index (χ3v) is 19.8. The molecule has 1 aliphatic rings. The van der Waals surface area contributed by atoms with E-state index in [0.717, 1.165) is 38.3 Å². The van der Waals surface area contributed by atoms with Crippen molar-refractivity contribution in [3.8, 4) is 52.3 Å². The predicted molar refractivity (Wildman–Crippen MR) is 511 cm³/mol. The zero-order valence-corrected chi connectivity index (χ0v) is 78.1. The fraction of sp³-hybridized carbons (Fsp3) is 0.310. The monoisotopic (exact) mass is 1900 g/mol. The Labute approximate surface area is 789 Å². The molecule has 720 valence electrons. The van der Waals surface area contributed by atoms with Gasteiger partial charge in [0, 0.05) is 143 Å². The number of ether oxygens (including phenoxy) is 9. The molecule has 16 heterocycles. The number of rotatable bonds is 35. The van der Waals surface area contributed by atoms with Crippen molar-refractivity contribution in [2.75, 3.05) is 199 Å². The minimum Gasteiger partial charge on any atom is -0.494 e. The minimum absolute atomic E-state index is 0.0383. The van der Waals surface area contributed by atoms with E-state index in [1.165, 1.54) is 108 Å². The molecule has 0 aliphatic carbocycles. The molecule has 0 unspecified atom stereocenters. The summed E-state index contributed by atoms with van der Waals surface area (Å²) in [4.78, 5) is 114. The lowest BCUT2D eigenvalue weighted by atomic mass is 10.2. The third kappa shape index (κ3) is 26.1. The van der Waals surface area contributed by atoms with Crippen LogP contribution < -0.4 is 103 Å². The molecule has 16 N–H and O–H groups in total. The molecule has 0 bridgehead atoms. The van der Waals surface area contributed by atoms with Crippen LogP contribution in [-0.2, 0) is 6.54 Å². The number of nitrogen functional groups attached to an aromatic ring is 5. The summed E-state index contributed by atoms with van der Waals surface area (Å²) in [6.45, 7) is 11.9. The average molecular weight is 1900 g/mol. The quantitative estimate of drug-likeness (QED) is 0.0154. The number of aromatic nitrogens is 20. The number of likely N-dealkylation sites (tertiary alicyclic amines) is 1. The molecule has 0 atom stereocenters. The summed E-state index contributed by atoms with van der Waals surface area (Å²) in [6.07, 6.45) is 24.1. The van der Waals surface area contributed by atoms with Crippen molar-refractivity contribution in [2.45, 2.75) is 39.3 Å². The molecular formula is C87H106ClN35O14. The predicted octanol–water partition coefficient (Wildman–Crippen LogP) is 6.28. The third-order valence-electron chi connectivity index (χ3n) is 19.6. The number of hydrogen-bond acceptors (Lipinski definition) is 39. The standard InChI is InChI=1S/C19H23N7O3.C19H25N7O3.C17H20ClN7O3.C17H21N7O3.C15H17N7O2/c1-28-14-4-6-21-12-13(14)22-19(27)16-17(20)24-26-10-5-15(23-18(16)26)29-11-3-9-25-7-2-8-25;1-12(2)29-14-5-7-21-11-13(14)22-19(27)16-17(20)24-26-8-6-15(23-18(16)26)28-10-9-25(3)4;1-24(2)6-7-28-13-4-5-25-16(22-13)14(15(19)23-25)17(26)21-10-9-20-12(18)8-11(10)27-3;1-23(2)8-9-27-13-5-7-24-16(21-13)14(15(18)22-24)17(25)20-11-10-19-6-4-12(11)26-3;1-17-7-9-4-6-22-14(19-9)12(13(16)21-22)15(23)20-10-8-18-5-3-11(10)24-2/h4-6,10,12H,2-3,7-9,11H2,1H3,(H2,20,24)(H,22,27);5-8,11-12H,9-10H2,1-4H3,(H2,20,24)(H,22,27);4-5,8-9H,6-7H2,1-3H3,(H2,19,23)(H,21,26);4-7,10H,8-9H2,1-3H3,(H2,18,22)(H,20,25);3-6,8,17H,7H2,1-2H3,(H2,16,21)(H,20,23). The van der Waals surface area contributed by atoms with Crippen molar-refractivity contribution < 1.29 is 66.6 Å². The summed E-state index contributed by atoms with van der Waals surface area (Å²) >= 11 is 5.85. The molecule has 0 spiro atoms. The Morgan fingerprint density at radius 3 is 1.01 bits per heavy atom. The number of fused-ring (bicyclic) bond motifs is 5. The first-order valence-electron chi connectivity index (χ1n) is 42.4. The molecule has 0 saturated carbocycles. The van der Waals surface area contributed by atoms with Gasteiger partial charge in [0.05, 0.1) is 77.8 Å². The van der Waals surface area contributed by atoms with E-state index in [2.05, 4.69) is 112 Å². The van der Waals surface area contributed by atoms with Crippen LogP contribution in [-0.4, -0.2) is 297 Å². The SMILES string of the molecule is CC(C)Oc1ccncc1NC(=O)c1c(N)nn2ccc(OCCN(C)C)nc12.CNCc1ccn2nc(N)c(C(=O)Nc3cnccc3OC)c2n1.COc1cc(Cl)ncc1NC(=O)c1c(N)nn2ccc(OCCN(C)C)nc12.COc1ccncc1NC(=O)c1c(N)nn2ccc(OCCCN3CCC3)nc12.COc1ccncc1NC(=O)c1c(N)nn2ccc(OCCN(C)C)nc12. The summed E-state index contributed by atoms with van der Waals surface area (Å²) in [7, 11) is 19.5. The number of likely N-dealkylation sites (N-methyl/N-ethyl adjacent to an activating group) is 3. The van der Waals surface area contributed by atoms with Gasteiger partial charge in [-0.15, -0.1) is 25.5 Å². The van der Waals surface area contributed by atoms with Crippen LogP contribution in [0.3, 0.4) is 0 Å². The maximum atomic E-state index is 12.9. The van der Waals surface area contributed by atoms with Crippen molar-refractivity contribution >= 4 is 127 Å². The smallest absolute Gasteiger partial charge is 0.263 e. The molecule has 1 saturated heterocycles. The molecule has 0 radical (unpaired) electrons. The molecule has 1 fully saturated rings. The fourth-order valence-corrected chi connectivity index (χ4v) is 13.0. The van der Waals surface area contributed by atoms with Crippen LogP contribution in [0.1, 0.15) is 84.2 Å². The van der Waals surface area contributed by atoms with Crippen LogP contribution in [0.2, 0.25) is 5.15 Å². The first kappa shape index (κ1) is 99.5. The topological polar surface area (TPSA) is 599 Å². The average Bonchev–Trinajstić information content (AvgIpc) is 1.66. The first-order chi connectivity index (χ1) is 66.0. The molecule has 137 heavy (non-hydrogen) atoms. The van der Waals surface area contributed by atoms with Gasteiger partial charge in [-0.1, -0.05) is 11.6 Å². The summed E-state index contributed by atoms with van der Waals surface area (Å²) in [5.41, 5.74) is 35.0.